The lowest BCUT2D eigenvalue weighted by Crippen LogP contribution is -2.45. The summed E-state index contributed by atoms with van der Waals surface area (Å²) in [6, 6.07) is 5.28. The minimum absolute atomic E-state index is 0.00635. The molecule has 1 heterocycles. The van der Waals surface area contributed by atoms with Crippen LogP contribution in [0.15, 0.2) is 18.2 Å². The van der Waals surface area contributed by atoms with Gasteiger partial charge in [0.2, 0.25) is 5.91 Å². The van der Waals surface area contributed by atoms with E-state index in [1.54, 1.807) is 16.7 Å². The Balaban J connectivity index is 2.29. The molecule has 0 saturated carbocycles. The van der Waals surface area contributed by atoms with Gasteiger partial charge in [-0.1, -0.05) is 31.5 Å². The minimum Gasteiger partial charge on any atom is -0.320 e. The molecule has 2 N–H and O–H groups in total. The minimum atomic E-state index is -0.441. The van der Waals surface area contributed by atoms with Crippen molar-refractivity contribution in [2.45, 2.75) is 31.7 Å². The van der Waals surface area contributed by atoms with Crippen LogP contribution in [0.25, 0.3) is 0 Å². The zero-order valence-corrected chi connectivity index (χ0v) is 13.7. The topological polar surface area (TPSA) is 46.3 Å². The molecule has 1 amide bonds. The molecule has 5 heteroatoms. The SMILES string of the molecule is CSCCC(N)C(=O)N1CC(C)(C)c2c(Cl)cccc21. The summed E-state index contributed by atoms with van der Waals surface area (Å²) in [4.78, 5) is 14.4. The average Bonchev–Trinajstić information content (AvgIpc) is 2.68. The average molecular weight is 313 g/mol. The van der Waals surface area contributed by atoms with Crippen LogP contribution in [0.1, 0.15) is 25.8 Å². The number of carbonyl (C=O) groups excluding carboxylic acids is 1. The molecule has 0 spiro atoms. The quantitative estimate of drug-likeness (QED) is 0.929. The number of benzene rings is 1. The highest BCUT2D eigenvalue weighted by molar-refractivity contribution is 7.98. The molecule has 1 aromatic carbocycles. The first-order chi connectivity index (χ1) is 9.38. The van der Waals surface area contributed by atoms with E-state index in [4.69, 9.17) is 17.3 Å². The Morgan fingerprint density at radius 3 is 2.90 bits per heavy atom. The number of halogens is 1. The summed E-state index contributed by atoms with van der Waals surface area (Å²) in [6.07, 6.45) is 2.72. The highest BCUT2D eigenvalue weighted by atomic mass is 35.5. The van der Waals surface area contributed by atoms with Crippen molar-refractivity contribution in [3.63, 3.8) is 0 Å². The monoisotopic (exact) mass is 312 g/mol. The molecule has 20 heavy (non-hydrogen) atoms. The van der Waals surface area contributed by atoms with Crippen LogP contribution >= 0.6 is 23.4 Å². The van der Waals surface area contributed by atoms with Crippen molar-refractivity contribution in [2.24, 2.45) is 5.73 Å². The third-order valence-electron chi connectivity index (χ3n) is 3.73. The van der Waals surface area contributed by atoms with E-state index < -0.39 is 6.04 Å². The van der Waals surface area contributed by atoms with Crippen molar-refractivity contribution in [3.05, 3.63) is 28.8 Å². The number of nitrogens with two attached hydrogens (primary N) is 1. The lowest BCUT2D eigenvalue weighted by atomic mass is 9.87. The van der Waals surface area contributed by atoms with Crippen LogP contribution < -0.4 is 10.6 Å². The van der Waals surface area contributed by atoms with Gasteiger partial charge < -0.3 is 10.6 Å². The lowest BCUT2D eigenvalue weighted by Gasteiger charge is -2.23. The van der Waals surface area contributed by atoms with Gasteiger partial charge in [0.15, 0.2) is 0 Å². The molecular formula is C15H21ClN2OS. The standard InChI is InChI=1S/C15H21ClN2OS/c1-15(2)9-18(14(19)11(17)7-8-20-3)12-6-4-5-10(16)13(12)15/h4-6,11H,7-9,17H2,1-3H3. The van der Waals surface area contributed by atoms with Crippen LogP contribution in [-0.4, -0.2) is 30.5 Å². The highest BCUT2D eigenvalue weighted by Crippen LogP contribution is 2.44. The maximum absolute atomic E-state index is 12.6. The van der Waals surface area contributed by atoms with Crippen LogP contribution in [0.5, 0.6) is 0 Å². The van der Waals surface area contributed by atoms with Gasteiger partial charge in [-0.05, 0) is 30.6 Å². The maximum Gasteiger partial charge on any atom is 0.243 e. The summed E-state index contributed by atoms with van der Waals surface area (Å²) >= 11 is 8.02. The van der Waals surface area contributed by atoms with Gasteiger partial charge in [0.25, 0.3) is 0 Å². The summed E-state index contributed by atoms with van der Waals surface area (Å²) in [7, 11) is 0. The molecule has 0 fully saturated rings. The number of hydrogen-bond donors (Lipinski definition) is 1. The van der Waals surface area contributed by atoms with Gasteiger partial charge in [-0.15, -0.1) is 0 Å². The van der Waals surface area contributed by atoms with Gasteiger partial charge in [0.1, 0.15) is 0 Å². The Morgan fingerprint density at radius 1 is 1.55 bits per heavy atom. The van der Waals surface area contributed by atoms with Gasteiger partial charge >= 0.3 is 0 Å². The van der Waals surface area contributed by atoms with Crippen LogP contribution in [0, 0.1) is 0 Å². The van der Waals surface area contributed by atoms with Crippen LogP contribution in [0.2, 0.25) is 5.02 Å². The van der Waals surface area contributed by atoms with Gasteiger partial charge in [-0.3, -0.25) is 4.79 Å². The molecule has 1 unspecified atom stereocenters. The van der Waals surface area contributed by atoms with E-state index in [0.717, 1.165) is 22.0 Å². The fraction of sp³-hybridized carbons (Fsp3) is 0.533. The second-order valence-electron chi connectivity index (χ2n) is 5.83. The molecule has 1 aliphatic heterocycles. The second-order valence-corrected chi connectivity index (χ2v) is 7.22. The molecule has 1 aromatic rings. The summed E-state index contributed by atoms with van der Waals surface area (Å²) < 4.78 is 0. The summed E-state index contributed by atoms with van der Waals surface area (Å²) in [5.41, 5.74) is 7.85. The Hall–Kier alpha value is -0.710. The molecule has 0 aromatic heterocycles. The van der Waals surface area contributed by atoms with Crippen molar-refractivity contribution in [3.8, 4) is 0 Å². The maximum atomic E-state index is 12.6. The molecule has 0 saturated heterocycles. The Morgan fingerprint density at radius 2 is 2.25 bits per heavy atom. The number of hydrogen-bond acceptors (Lipinski definition) is 3. The van der Waals surface area contributed by atoms with Gasteiger partial charge in [-0.25, -0.2) is 0 Å². The van der Waals surface area contributed by atoms with Gasteiger partial charge in [0, 0.05) is 28.2 Å². The smallest absolute Gasteiger partial charge is 0.243 e. The third kappa shape index (κ3) is 2.83. The van der Waals surface area contributed by atoms with Crippen LogP contribution in [0.3, 0.4) is 0 Å². The normalized spacial score (nSPS) is 17.9. The van der Waals surface area contributed by atoms with Crippen molar-refractivity contribution >= 4 is 35.0 Å². The molecule has 1 aliphatic rings. The predicted octanol–water partition coefficient (Wildman–Crippen LogP) is 3.04. The van der Waals surface area contributed by atoms with Crippen LogP contribution in [0.4, 0.5) is 5.69 Å². The molecular weight excluding hydrogens is 292 g/mol. The number of nitrogens with zero attached hydrogens (tertiary/aromatic N) is 1. The number of thioether (sulfide) groups is 1. The first-order valence-corrected chi connectivity index (χ1v) is 8.50. The number of amides is 1. The number of fused-ring (bicyclic) bond motifs is 1. The van der Waals surface area contributed by atoms with E-state index in [9.17, 15) is 4.79 Å². The molecule has 1 atom stereocenters. The zero-order chi connectivity index (χ0) is 14.9. The van der Waals surface area contributed by atoms with Crippen molar-refractivity contribution in [1.29, 1.82) is 0 Å². The summed E-state index contributed by atoms with van der Waals surface area (Å²) in [5.74, 6) is 0.889. The Kier molecular flexibility index (Phi) is 4.67. The zero-order valence-electron chi connectivity index (χ0n) is 12.1. The first-order valence-electron chi connectivity index (χ1n) is 6.73. The van der Waals surface area contributed by atoms with Crippen molar-refractivity contribution in [2.75, 3.05) is 23.5 Å². The van der Waals surface area contributed by atoms with E-state index in [-0.39, 0.29) is 11.3 Å². The Bertz CT molecular complexity index is 519. The number of carbonyl (C=O) groups is 1. The second kappa shape index (κ2) is 5.96. The van der Waals surface area contributed by atoms with E-state index >= 15 is 0 Å². The van der Waals surface area contributed by atoms with Crippen LogP contribution in [-0.2, 0) is 10.2 Å². The fourth-order valence-electron chi connectivity index (χ4n) is 2.73. The number of rotatable bonds is 4. The van der Waals surface area contributed by atoms with E-state index in [1.807, 2.05) is 24.5 Å². The van der Waals surface area contributed by atoms with E-state index in [0.29, 0.717) is 13.0 Å². The molecule has 0 aliphatic carbocycles. The molecule has 2 rings (SSSR count). The van der Waals surface area contributed by atoms with Crippen molar-refractivity contribution in [1.82, 2.24) is 0 Å². The molecule has 3 nitrogen and oxygen atoms in total. The first kappa shape index (κ1) is 15.7. The summed E-state index contributed by atoms with van der Waals surface area (Å²) in [6.45, 7) is 4.86. The lowest BCUT2D eigenvalue weighted by molar-refractivity contribution is -0.119. The Labute approximate surface area is 129 Å². The highest BCUT2D eigenvalue weighted by Gasteiger charge is 2.40. The molecule has 0 bridgehead atoms. The van der Waals surface area contributed by atoms with Gasteiger partial charge in [0.05, 0.1) is 6.04 Å². The molecule has 0 radical (unpaired) electrons. The van der Waals surface area contributed by atoms with Gasteiger partial charge in [-0.2, -0.15) is 11.8 Å². The van der Waals surface area contributed by atoms with E-state index in [2.05, 4.69) is 13.8 Å². The molecule has 110 valence electrons. The summed E-state index contributed by atoms with van der Waals surface area (Å²) in [5, 5.41) is 0.723. The largest absolute Gasteiger partial charge is 0.320 e. The predicted molar refractivity (Wildman–Crippen MR) is 87.8 cm³/mol. The number of anilines is 1. The fourth-order valence-corrected chi connectivity index (χ4v) is 3.65. The van der Waals surface area contributed by atoms with E-state index in [1.165, 1.54) is 0 Å². The van der Waals surface area contributed by atoms with Crippen molar-refractivity contribution < 1.29 is 4.79 Å². The third-order valence-corrected chi connectivity index (χ3v) is 4.69.